The molecule has 4 heteroatoms. The molecule has 138 valence electrons. The Hall–Kier alpha value is -2.43. The fourth-order valence-electron chi connectivity index (χ4n) is 2.75. The maximum Gasteiger partial charge on any atom is 0.330 e. The summed E-state index contributed by atoms with van der Waals surface area (Å²) < 4.78 is 4.65. The number of hydrogen-bond donors (Lipinski definition) is 2. The highest BCUT2D eigenvalue weighted by molar-refractivity contribution is 5.90. The van der Waals surface area contributed by atoms with Crippen molar-refractivity contribution in [3.8, 4) is 0 Å². The number of nitrogens with one attached hydrogen (secondary N) is 1. The van der Waals surface area contributed by atoms with E-state index in [1.54, 1.807) is 0 Å². The van der Waals surface area contributed by atoms with Crippen molar-refractivity contribution in [1.29, 1.82) is 0 Å². The van der Waals surface area contributed by atoms with Gasteiger partial charge >= 0.3 is 5.97 Å². The van der Waals surface area contributed by atoms with Crippen LogP contribution in [-0.4, -0.2) is 30.8 Å². The Balaban J connectivity index is 1.86. The van der Waals surface area contributed by atoms with Crippen LogP contribution in [0.5, 0.6) is 0 Å². The molecule has 2 aromatic rings. The van der Waals surface area contributed by atoms with Crippen LogP contribution >= 0.6 is 0 Å². The van der Waals surface area contributed by atoms with Gasteiger partial charge in [0.2, 0.25) is 0 Å². The first-order valence-electron chi connectivity index (χ1n) is 8.81. The smallest absolute Gasteiger partial charge is 0.330 e. The Morgan fingerprint density at radius 3 is 2.42 bits per heavy atom. The lowest BCUT2D eigenvalue weighted by Crippen LogP contribution is -2.32. The topological polar surface area (TPSA) is 58.6 Å². The third-order valence-electron chi connectivity index (χ3n) is 4.33. The Morgan fingerprint density at radius 1 is 1.15 bits per heavy atom. The van der Waals surface area contributed by atoms with Crippen LogP contribution in [0.2, 0.25) is 0 Å². The van der Waals surface area contributed by atoms with Gasteiger partial charge in [0, 0.05) is 18.7 Å². The summed E-state index contributed by atoms with van der Waals surface area (Å²) in [5.74, 6) is -0.346. The van der Waals surface area contributed by atoms with Crippen molar-refractivity contribution in [3.05, 3.63) is 77.4 Å². The Kier molecular flexibility index (Phi) is 7.57. The number of aliphatic hydroxyl groups is 1. The molecule has 0 aromatic heterocycles. The lowest BCUT2D eigenvalue weighted by atomic mass is 10.0. The van der Waals surface area contributed by atoms with Gasteiger partial charge in [-0.1, -0.05) is 54.6 Å². The fourth-order valence-corrected chi connectivity index (χ4v) is 2.75. The van der Waals surface area contributed by atoms with E-state index in [0.717, 1.165) is 23.1 Å². The molecule has 0 radical (unpaired) electrons. The molecular weight excluding hydrogens is 326 g/mol. The van der Waals surface area contributed by atoms with Gasteiger partial charge in [-0.3, -0.25) is 0 Å². The van der Waals surface area contributed by atoms with Gasteiger partial charge in [-0.05, 0) is 42.5 Å². The van der Waals surface area contributed by atoms with Crippen LogP contribution < -0.4 is 5.32 Å². The van der Waals surface area contributed by atoms with Gasteiger partial charge in [0.15, 0.2) is 0 Å². The first kappa shape index (κ1) is 19.9. The molecule has 0 aliphatic heterocycles. The lowest BCUT2D eigenvalue weighted by molar-refractivity contribution is -0.134. The van der Waals surface area contributed by atoms with Crippen molar-refractivity contribution < 1.29 is 14.6 Å². The summed E-state index contributed by atoms with van der Waals surface area (Å²) in [5.41, 5.74) is 4.00. The summed E-state index contributed by atoms with van der Waals surface area (Å²) in [6.45, 7) is 4.51. The molecule has 0 saturated carbocycles. The van der Waals surface area contributed by atoms with Crippen molar-refractivity contribution in [2.75, 3.05) is 13.7 Å². The zero-order valence-electron chi connectivity index (χ0n) is 15.6. The second kappa shape index (κ2) is 9.90. The molecule has 0 aliphatic rings. The number of ether oxygens (including phenoxy) is 1. The van der Waals surface area contributed by atoms with Crippen LogP contribution in [0.25, 0.3) is 5.57 Å². The summed E-state index contributed by atoms with van der Waals surface area (Å²) in [7, 11) is 1.37. The van der Waals surface area contributed by atoms with E-state index >= 15 is 0 Å². The highest BCUT2D eigenvalue weighted by Crippen LogP contribution is 2.16. The van der Waals surface area contributed by atoms with Crippen molar-refractivity contribution in [3.63, 3.8) is 0 Å². The number of hydrogen-bond acceptors (Lipinski definition) is 4. The van der Waals surface area contributed by atoms with Crippen LogP contribution in [0.3, 0.4) is 0 Å². The van der Waals surface area contributed by atoms with Gasteiger partial charge in [-0.15, -0.1) is 0 Å². The van der Waals surface area contributed by atoms with E-state index in [1.165, 1.54) is 18.7 Å². The molecule has 0 amide bonds. The number of carbonyl (C=O) groups excluding carboxylic acids is 1. The maximum absolute atomic E-state index is 11.3. The Morgan fingerprint density at radius 2 is 1.81 bits per heavy atom. The normalized spacial score (nSPS) is 13.9. The average molecular weight is 353 g/mol. The highest BCUT2D eigenvalue weighted by Gasteiger charge is 2.10. The fraction of sp³-hybridized carbons (Fsp3) is 0.318. The van der Waals surface area contributed by atoms with Crippen molar-refractivity contribution >= 4 is 11.5 Å². The highest BCUT2D eigenvalue weighted by atomic mass is 16.5. The number of carbonyl (C=O) groups is 1. The molecule has 0 spiro atoms. The minimum Gasteiger partial charge on any atom is -0.466 e. The molecule has 0 heterocycles. The van der Waals surface area contributed by atoms with E-state index in [0.29, 0.717) is 6.54 Å². The number of benzene rings is 2. The van der Waals surface area contributed by atoms with Gasteiger partial charge in [0.1, 0.15) is 0 Å². The van der Waals surface area contributed by atoms with E-state index < -0.39 is 6.10 Å². The first-order valence-corrected chi connectivity index (χ1v) is 8.81. The zero-order valence-corrected chi connectivity index (χ0v) is 15.6. The summed E-state index contributed by atoms with van der Waals surface area (Å²) in [4.78, 5) is 11.3. The van der Waals surface area contributed by atoms with Gasteiger partial charge in [-0.2, -0.15) is 0 Å². The van der Waals surface area contributed by atoms with Crippen LogP contribution in [0.4, 0.5) is 0 Å². The minimum atomic E-state index is -0.507. The van der Waals surface area contributed by atoms with E-state index in [9.17, 15) is 9.90 Å². The molecule has 2 unspecified atom stereocenters. The Labute approximate surface area is 155 Å². The second-order valence-electron chi connectivity index (χ2n) is 6.49. The predicted octanol–water partition coefficient (Wildman–Crippen LogP) is 3.52. The molecule has 0 bridgehead atoms. The Bertz CT molecular complexity index is 723. The molecule has 0 fully saturated rings. The second-order valence-corrected chi connectivity index (χ2v) is 6.49. The van der Waals surface area contributed by atoms with Crippen LogP contribution in [-0.2, 0) is 16.0 Å². The van der Waals surface area contributed by atoms with Crippen LogP contribution in [0, 0.1) is 0 Å². The van der Waals surface area contributed by atoms with E-state index in [1.807, 2.05) is 49.4 Å². The molecular formula is C22H27NO3. The maximum atomic E-state index is 11.3. The van der Waals surface area contributed by atoms with Crippen molar-refractivity contribution in [2.24, 2.45) is 0 Å². The molecule has 0 saturated heterocycles. The van der Waals surface area contributed by atoms with Crippen molar-refractivity contribution in [2.45, 2.75) is 32.4 Å². The molecule has 2 N–H and O–H groups in total. The van der Waals surface area contributed by atoms with E-state index in [-0.39, 0.29) is 12.0 Å². The third kappa shape index (κ3) is 6.14. The summed E-state index contributed by atoms with van der Waals surface area (Å²) in [6.07, 6.45) is 1.85. The largest absolute Gasteiger partial charge is 0.466 e. The van der Waals surface area contributed by atoms with Crippen molar-refractivity contribution in [1.82, 2.24) is 5.32 Å². The first-order chi connectivity index (χ1) is 12.5. The quantitative estimate of drug-likeness (QED) is 0.563. The molecule has 2 aromatic carbocycles. The van der Waals surface area contributed by atoms with Crippen LogP contribution in [0.1, 0.15) is 36.6 Å². The number of esters is 1. The number of methoxy groups -OCH3 is 1. The zero-order chi connectivity index (χ0) is 18.9. The summed E-state index contributed by atoms with van der Waals surface area (Å²) in [5, 5.41) is 13.6. The molecule has 2 atom stereocenters. The van der Waals surface area contributed by atoms with Crippen LogP contribution in [0.15, 0.2) is 60.7 Å². The standard InChI is InChI=1S/C22H27NO3/c1-16(13-22(25)26-3)19-11-9-18(10-12-19)14-17(2)23-15-21(24)20-7-5-4-6-8-20/h4-13,17,21,23-24H,14-15H2,1-3H3. The van der Waals surface area contributed by atoms with Gasteiger partial charge in [0.25, 0.3) is 0 Å². The number of allylic oxidation sites excluding steroid dienone is 1. The lowest BCUT2D eigenvalue weighted by Gasteiger charge is -2.17. The average Bonchev–Trinajstić information content (AvgIpc) is 2.67. The van der Waals surface area contributed by atoms with E-state index in [4.69, 9.17) is 0 Å². The third-order valence-corrected chi connectivity index (χ3v) is 4.33. The SMILES string of the molecule is COC(=O)C=C(C)c1ccc(CC(C)NCC(O)c2ccccc2)cc1. The molecule has 2 rings (SSSR count). The van der Waals surface area contributed by atoms with Gasteiger partial charge < -0.3 is 15.2 Å². The summed E-state index contributed by atoms with van der Waals surface area (Å²) in [6, 6.07) is 18.1. The molecule has 4 nitrogen and oxygen atoms in total. The van der Waals surface area contributed by atoms with E-state index in [2.05, 4.69) is 29.1 Å². The number of rotatable bonds is 8. The monoisotopic (exact) mass is 353 g/mol. The predicted molar refractivity (Wildman–Crippen MR) is 105 cm³/mol. The summed E-state index contributed by atoms with van der Waals surface area (Å²) >= 11 is 0. The van der Waals surface area contributed by atoms with Gasteiger partial charge in [0.05, 0.1) is 13.2 Å². The molecule has 0 aliphatic carbocycles. The molecule has 26 heavy (non-hydrogen) atoms. The number of aliphatic hydroxyl groups excluding tert-OH is 1. The minimum absolute atomic E-state index is 0.242. The van der Waals surface area contributed by atoms with Gasteiger partial charge in [-0.25, -0.2) is 4.79 Å².